The normalized spacial score (nSPS) is 10.9. The third-order valence-corrected chi connectivity index (χ3v) is 4.40. The van der Waals surface area contributed by atoms with Crippen LogP contribution in [0.2, 0.25) is 0 Å². The Bertz CT molecular complexity index is 1040. The second kappa shape index (κ2) is 7.50. The molecule has 0 unspecified atom stereocenters. The first kappa shape index (κ1) is 17.1. The summed E-state index contributed by atoms with van der Waals surface area (Å²) < 4.78 is 15.8. The van der Waals surface area contributed by atoms with Gasteiger partial charge in [-0.1, -0.05) is 46.7 Å². The topological polar surface area (TPSA) is 107 Å². The lowest BCUT2D eigenvalue weighted by Gasteiger charge is -1.98. The van der Waals surface area contributed by atoms with Gasteiger partial charge in [-0.25, -0.2) is 0 Å². The molecule has 0 aliphatic heterocycles. The number of anilines is 1. The summed E-state index contributed by atoms with van der Waals surface area (Å²) in [5, 5.41) is 14.6. The van der Waals surface area contributed by atoms with Crippen LogP contribution in [0.15, 0.2) is 67.3 Å². The standard InChI is InChI=1S/C18H14N4O4S/c1-11-4-6-12(7-5-11)13-9-16(26-22-13)19-15(23)10-27-18-21-20-17(25-18)14-3-2-8-24-14/h2-9H,10H2,1H3,(H,19,23). The van der Waals surface area contributed by atoms with Gasteiger partial charge in [0, 0.05) is 11.6 Å². The molecule has 0 aliphatic rings. The first-order valence-electron chi connectivity index (χ1n) is 8.01. The Morgan fingerprint density at radius 2 is 2.04 bits per heavy atom. The lowest BCUT2D eigenvalue weighted by Crippen LogP contribution is -2.13. The molecular formula is C18H14N4O4S. The van der Waals surface area contributed by atoms with Crippen LogP contribution in [0.1, 0.15) is 5.56 Å². The maximum atomic E-state index is 12.1. The molecular weight excluding hydrogens is 368 g/mol. The number of aromatic nitrogens is 3. The van der Waals surface area contributed by atoms with Gasteiger partial charge in [0.05, 0.1) is 12.0 Å². The van der Waals surface area contributed by atoms with Crippen molar-refractivity contribution in [2.24, 2.45) is 0 Å². The number of hydrogen-bond acceptors (Lipinski definition) is 8. The minimum absolute atomic E-state index is 0.0837. The zero-order valence-electron chi connectivity index (χ0n) is 14.2. The first-order chi connectivity index (χ1) is 13.2. The van der Waals surface area contributed by atoms with Crippen LogP contribution in [0, 0.1) is 6.92 Å². The summed E-state index contributed by atoms with van der Waals surface area (Å²) >= 11 is 1.11. The summed E-state index contributed by atoms with van der Waals surface area (Å²) in [7, 11) is 0. The zero-order valence-corrected chi connectivity index (χ0v) is 15.0. The number of carbonyl (C=O) groups excluding carboxylic acids is 1. The van der Waals surface area contributed by atoms with Crippen LogP contribution in [0.3, 0.4) is 0 Å². The Kier molecular flexibility index (Phi) is 4.75. The SMILES string of the molecule is Cc1ccc(-c2cc(NC(=O)CSc3nnc(-c4ccco4)o3)on2)cc1. The highest BCUT2D eigenvalue weighted by atomic mass is 32.2. The van der Waals surface area contributed by atoms with Gasteiger partial charge < -0.3 is 13.4 Å². The number of benzene rings is 1. The highest BCUT2D eigenvalue weighted by molar-refractivity contribution is 7.99. The van der Waals surface area contributed by atoms with Crippen LogP contribution in [0.5, 0.6) is 0 Å². The molecule has 1 aromatic carbocycles. The summed E-state index contributed by atoms with van der Waals surface area (Å²) in [6.07, 6.45) is 1.52. The average molecular weight is 382 g/mol. The summed E-state index contributed by atoms with van der Waals surface area (Å²) in [5.74, 6) is 0.827. The van der Waals surface area contributed by atoms with E-state index in [2.05, 4.69) is 20.7 Å². The van der Waals surface area contributed by atoms with Crippen molar-refractivity contribution in [2.45, 2.75) is 12.1 Å². The number of rotatable bonds is 6. The number of nitrogens with one attached hydrogen (secondary N) is 1. The Hall–Kier alpha value is -3.33. The van der Waals surface area contributed by atoms with Crippen molar-refractivity contribution in [1.29, 1.82) is 0 Å². The monoisotopic (exact) mass is 382 g/mol. The van der Waals surface area contributed by atoms with Crippen LogP contribution < -0.4 is 5.32 Å². The summed E-state index contributed by atoms with van der Waals surface area (Å²) in [4.78, 5) is 12.1. The molecule has 0 aliphatic carbocycles. The van der Waals surface area contributed by atoms with E-state index < -0.39 is 0 Å². The number of nitrogens with zero attached hydrogens (tertiary/aromatic N) is 3. The second-order valence-electron chi connectivity index (χ2n) is 5.63. The maximum absolute atomic E-state index is 12.1. The van der Waals surface area contributed by atoms with Crippen molar-refractivity contribution in [2.75, 3.05) is 11.1 Å². The minimum Gasteiger partial charge on any atom is -0.459 e. The van der Waals surface area contributed by atoms with E-state index in [1.165, 1.54) is 6.26 Å². The van der Waals surface area contributed by atoms with Crippen molar-refractivity contribution in [3.63, 3.8) is 0 Å². The van der Waals surface area contributed by atoms with Crippen molar-refractivity contribution in [1.82, 2.24) is 15.4 Å². The van der Waals surface area contributed by atoms with Crippen LogP contribution in [-0.2, 0) is 4.79 Å². The third-order valence-electron chi connectivity index (χ3n) is 3.59. The molecule has 8 nitrogen and oxygen atoms in total. The van der Waals surface area contributed by atoms with Gasteiger partial charge in [0.25, 0.3) is 11.1 Å². The fraction of sp³-hybridized carbons (Fsp3) is 0.111. The Morgan fingerprint density at radius 3 is 2.81 bits per heavy atom. The zero-order chi connectivity index (χ0) is 18.6. The summed E-state index contributed by atoms with van der Waals surface area (Å²) in [6, 6.07) is 13.0. The van der Waals surface area contributed by atoms with E-state index in [1.807, 2.05) is 31.2 Å². The van der Waals surface area contributed by atoms with Gasteiger partial charge in [-0.2, -0.15) is 0 Å². The fourth-order valence-corrected chi connectivity index (χ4v) is 2.83. The van der Waals surface area contributed by atoms with Gasteiger partial charge in [-0.3, -0.25) is 10.1 Å². The quantitative estimate of drug-likeness (QED) is 0.498. The van der Waals surface area contributed by atoms with Crippen molar-refractivity contribution >= 4 is 23.6 Å². The van der Waals surface area contributed by atoms with E-state index in [1.54, 1.807) is 18.2 Å². The molecule has 1 amide bonds. The van der Waals surface area contributed by atoms with E-state index in [9.17, 15) is 4.79 Å². The van der Waals surface area contributed by atoms with Gasteiger partial charge in [-0.05, 0) is 19.1 Å². The largest absolute Gasteiger partial charge is 0.459 e. The number of aryl methyl sites for hydroxylation is 1. The van der Waals surface area contributed by atoms with Gasteiger partial charge in [0.15, 0.2) is 5.76 Å². The molecule has 0 radical (unpaired) electrons. The van der Waals surface area contributed by atoms with Gasteiger partial charge >= 0.3 is 0 Å². The molecule has 3 heterocycles. The van der Waals surface area contributed by atoms with Crippen LogP contribution in [0.4, 0.5) is 5.88 Å². The minimum atomic E-state index is -0.274. The van der Waals surface area contributed by atoms with E-state index in [0.717, 1.165) is 22.9 Å². The van der Waals surface area contributed by atoms with Crippen LogP contribution >= 0.6 is 11.8 Å². The number of furan rings is 1. The molecule has 0 fully saturated rings. The number of carbonyl (C=O) groups is 1. The third kappa shape index (κ3) is 4.09. The molecule has 0 atom stereocenters. The van der Waals surface area contributed by atoms with E-state index in [4.69, 9.17) is 13.4 Å². The molecule has 0 saturated carbocycles. The first-order valence-corrected chi connectivity index (χ1v) is 9.00. The smallest absolute Gasteiger partial charge is 0.284 e. The van der Waals surface area contributed by atoms with Crippen molar-refractivity contribution in [3.05, 3.63) is 54.3 Å². The number of amides is 1. The highest BCUT2D eigenvalue weighted by Crippen LogP contribution is 2.24. The summed E-state index contributed by atoms with van der Waals surface area (Å²) in [5.41, 5.74) is 2.72. The molecule has 27 heavy (non-hydrogen) atoms. The van der Waals surface area contributed by atoms with Crippen LogP contribution in [0.25, 0.3) is 22.9 Å². The molecule has 4 rings (SSSR count). The van der Waals surface area contributed by atoms with Crippen LogP contribution in [-0.4, -0.2) is 27.0 Å². The predicted molar refractivity (Wildman–Crippen MR) is 98.0 cm³/mol. The van der Waals surface area contributed by atoms with Gasteiger partial charge in [0.1, 0.15) is 5.69 Å². The number of thioether (sulfide) groups is 1. The molecule has 0 spiro atoms. The Labute approximate surface area is 157 Å². The molecule has 1 N–H and O–H groups in total. The molecule has 136 valence electrons. The predicted octanol–water partition coefficient (Wildman–Crippen LogP) is 4.02. The van der Waals surface area contributed by atoms with E-state index in [-0.39, 0.29) is 28.7 Å². The fourth-order valence-electron chi connectivity index (χ4n) is 2.26. The molecule has 0 saturated heterocycles. The van der Waals surface area contributed by atoms with Crippen molar-refractivity contribution < 1.29 is 18.2 Å². The van der Waals surface area contributed by atoms with Gasteiger partial charge in [0.2, 0.25) is 11.8 Å². The second-order valence-corrected chi connectivity index (χ2v) is 6.56. The molecule has 9 heteroatoms. The molecule has 3 aromatic heterocycles. The van der Waals surface area contributed by atoms with Gasteiger partial charge in [-0.15, -0.1) is 10.2 Å². The Morgan fingerprint density at radius 1 is 1.19 bits per heavy atom. The maximum Gasteiger partial charge on any atom is 0.284 e. The lowest BCUT2D eigenvalue weighted by molar-refractivity contribution is -0.113. The highest BCUT2D eigenvalue weighted by Gasteiger charge is 2.14. The number of hydrogen-bond donors (Lipinski definition) is 1. The summed E-state index contributed by atoms with van der Waals surface area (Å²) in [6.45, 7) is 2.01. The lowest BCUT2D eigenvalue weighted by atomic mass is 10.1. The molecule has 0 bridgehead atoms. The van der Waals surface area contributed by atoms with E-state index in [0.29, 0.717) is 11.5 Å². The Balaban J connectivity index is 1.33. The van der Waals surface area contributed by atoms with E-state index >= 15 is 0 Å². The molecule has 4 aromatic rings. The van der Waals surface area contributed by atoms with Crippen molar-refractivity contribution in [3.8, 4) is 22.9 Å². The average Bonchev–Trinajstić information content (AvgIpc) is 3.42.